The molecular weight excluding hydrogens is 232 g/mol. The van der Waals surface area contributed by atoms with Gasteiger partial charge in [-0.25, -0.2) is 4.98 Å². The highest BCUT2D eigenvalue weighted by molar-refractivity contribution is 5.75. The Bertz CT molecular complexity index is 512. The SMILES string of the molecule is NC(=O)COc1ccc(Oc2ccccn2)cc1. The van der Waals surface area contributed by atoms with E-state index in [4.69, 9.17) is 15.2 Å². The molecule has 5 nitrogen and oxygen atoms in total. The van der Waals surface area contributed by atoms with E-state index in [-0.39, 0.29) is 6.61 Å². The molecule has 2 N–H and O–H groups in total. The summed E-state index contributed by atoms with van der Waals surface area (Å²) in [5, 5.41) is 0. The molecule has 1 aromatic carbocycles. The Labute approximate surface area is 104 Å². The van der Waals surface area contributed by atoms with E-state index in [1.54, 1.807) is 36.5 Å². The van der Waals surface area contributed by atoms with Crippen LogP contribution in [0.5, 0.6) is 17.4 Å². The Kier molecular flexibility index (Phi) is 3.76. The number of rotatable bonds is 5. The van der Waals surface area contributed by atoms with E-state index in [2.05, 4.69) is 4.98 Å². The maximum atomic E-state index is 10.5. The van der Waals surface area contributed by atoms with Crippen molar-refractivity contribution in [3.8, 4) is 17.4 Å². The van der Waals surface area contributed by atoms with E-state index in [0.717, 1.165) is 0 Å². The fourth-order valence-electron chi connectivity index (χ4n) is 1.29. The Balaban J connectivity index is 1.97. The summed E-state index contributed by atoms with van der Waals surface area (Å²) in [5.41, 5.74) is 4.98. The predicted octanol–water partition coefficient (Wildman–Crippen LogP) is 1.74. The maximum Gasteiger partial charge on any atom is 0.255 e. The lowest BCUT2D eigenvalue weighted by Crippen LogP contribution is -2.19. The first kappa shape index (κ1) is 11.9. The summed E-state index contributed by atoms with van der Waals surface area (Å²) in [6.45, 7) is -0.138. The van der Waals surface area contributed by atoms with Gasteiger partial charge in [-0.15, -0.1) is 0 Å². The number of aromatic nitrogens is 1. The van der Waals surface area contributed by atoms with E-state index >= 15 is 0 Å². The summed E-state index contributed by atoms with van der Waals surface area (Å²) in [7, 11) is 0. The molecule has 0 aliphatic rings. The number of amides is 1. The van der Waals surface area contributed by atoms with Crippen LogP contribution in [0.15, 0.2) is 48.7 Å². The molecule has 92 valence electrons. The van der Waals surface area contributed by atoms with Crippen molar-refractivity contribution in [1.29, 1.82) is 0 Å². The molecule has 5 heteroatoms. The molecular formula is C13H12N2O3. The van der Waals surface area contributed by atoms with Gasteiger partial charge in [0, 0.05) is 12.3 Å². The van der Waals surface area contributed by atoms with Gasteiger partial charge in [0.05, 0.1) is 0 Å². The molecule has 18 heavy (non-hydrogen) atoms. The van der Waals surface area contributed by atoms with Crippen molar-refractivity contribution in [2.24, 2.45) is 5.73 Å². The lowest BCUT2D eigenvalue weighted by Gasteiger charge is -2.06. The zero-order chi connectivity index (χ0) is 12.8. The lowest BCUT2D eigenvalue weighted by molar-refractivity contribution is -0.119. The molecule has 0 aliphatic carbocycles. The van der Waals surface area contributed by atoms with Crippen molar-refractivity contribution in [3.63, 3.8) is 0 Å². The number of benzene rings is 1. The molecule has 0 spiro atoms. The fourth-order valence-corrected chi connectivity index (χ4v) is 1.29. The van der Waals surface area contributed by atoms with Gasteiger partial charge in [0.1, 0.15) is 11.5 Å². The number of ether oxygens (including phenoxy) is 2. The van der Waals surface area contributed by atoms with Crippen LogP contribution in [0.2, 0.25) is 0 Å². The highest BCUT2D eigenvalue weighted by Crippen LogP contribution is 2.21. The number of carbonyl (C=O) groups excluding carboxylic acids is 1. The standard InChI is InChI=1S/C13H12N2O3/c14-12(16)9-17-10-4-6-11(7-5-10)18-13-3-1-2-8-15-13/h1-8H,9H2,(H2,14,16). The van der Waals surface area contributed by atoms with Crippen LogP contribution in [0, 0.1) is 0 Å². The van der Waals surface area contributed by atoms with Crippen molar-refractivity contribution in [2.75, 3.05) is 6.61 Å². The third-order valence-electron chi connectivity index (χ3n) is 2.07. The quantitative estimate of drug-likeness (QED) is 0.869. The summed E-state index contributed by atoms with van der Waals surface area (Å²) < 4.78 is 10.6. The second-order valence-electron chi connectivity index (χ2n) is 3.50. The number of primary amides is 1. The van der Waals surface area contributed by atoms with Gasteiger partial charge < -0.3 is 15.2 Å². The normalized spacial score (nSPS) is 9.78. The molecule has 0 unspecified atom stereocenters. The Morgan fingerprint density at radius 3 is 2.44 bits per heavy atom. The Hall–Kier alpha value is -2.56. The minimum absolute atomic E-state index is 0.138. The first-order valence-corrected chi connectivity index (χ1v) is 5.34. The monoisotopic (exact) mass is 244 g/mol. The second-order valence-corrected chi connectivity index (χ2v) is 3.50. The van der Waals surface area contributed by atoms with Gasteiger partial charge in [0.25, 0.3) is 5.91 Å². The third kappa shape index (κ3) is 3.48. The number of hydrogen-bond donors (Lipinski definition) is 1. The number of nitrogens with two attached hydrogens (primary N) is 1. The summed E-state index contributed by atoms with van der Waals surface area (Å²) in [5.74, 6) is 1.20. The van der Waals surface area contributed by atoms with E-state index < -0.39 is 5.91 Å². The second kappa shape index (κ2) is 5.67. The van der Waals surface area contributed by atoms with Crippen LogP contribution in [0.3, 0.4) is 0 Å². The number of hydrogen-bond acceptors (Lipinski definition) is 4. The smallest absolute Gasteiger partial charge is 0.255 e. The van der Waals surface area contributed by atoms with Gasteiger partial charge >= 0.3 is 0 Å². The van der Waals surface area contributed by atoms with Gasteiger partial charge in [0.2, 0.25) is 5.88 Å². The van der Waals surface area contributed by atoms with Crippen molar-refractivity contribution in [1.82, 2.24) is 4.98 Å². The highest BCUT2D eigenvalue weighted by Gasteiger charge is 2.00. The summed E-state index contributed by atoms with van der Waals surface area (Å²) in [4.78, 5) is 14.6. The molecule has 0 atom stereocenters. The molecule has 0 bridgehead atoms. The van der Waals surface area contributed by atoms with Crippen molar-refractivity contribution in [3.05, 3.63) is 48.7 Å². The van der Waals surface area contributed by atoms with Crippen LogP contribution in [0.1, 0.15) is 0 Å². The molecule has 1 heterocycles. The van der Waals surface area contributed by atoms with Crippen LogP contribution in [-0.2, 0) is 4.79 Å². The largest absolute Gasteiger partial charge is 0.484 e. The van der Waals surface area contributed by atoms with Crippen molar-refractivity contribution >= 4 is 5.91 Å². The molecule has 0 radical (unpaired) electrons. The summed E-state index contributed by atoms with van der Waals surface area (Å²) in [6, 6.07) is 12.3. The molecule has 0 fully saturated rings. The van der Waals surface area contributed by atoms with E-state index in [1.165, 1.54) is 0 Å². The highest BCUT2D eigenvalue weighted by atomic mass is 16.5. The van der Waals surface area contributed by atoms with Crippen molar-refractivity contribution < 1.29 is 14.3 Å². The van der Waals surface area contributed by atoms with Crippen LogP contribution in [0.25, 0.3) is 0 Å². The zero-order valence-electron chi connectivity index (χ0n) is 9.58. The third-order valence-corrected chi connectivity index (χ3v) is 2.07. The van der Waals surface area contributed by atoms with Gasteiger partial charge in [-0.1, -0.05) is 6.07 Å². The maximum absolute atomic E-state index is 10.5. The predicted molar refractivity (Wildman–Crippen MR) is 65.4 cm³/mol. The number of nitrogens with zero attached hydrogens (tertiary/aromatic N) is 1. The fraction of sp³-hybridized carbons (Fsp3) is 0.0769. The zero-order valence-corrected chi connectivity index (χ0v) is 9.58. The first-order chi connectivity index (χ1) is 8.74. The van der Waals surface area contributed by atoms with E-state index in [9.17, 15) is 4.79 Å². The average molecular weight is 244 g/mol. The molecule has 1 amide bonds. The molecule has 0 saturated carbocycles. The van der Waals surface area contributed by atoms with Crippen LogP contribution in [-0.4, -0.2) is 17.5 Å². The van der Waals surface area contributed by atoms with E-state index in [0.29, 0.717) is 17.4 Å². The summed E-state index contributed by atoms with van der Waals surface area (Å²) in [6.07, 6.45) is 1.65. The van der Waals surface area contributed by atoms with Crippen LogP contribution < -0.4 is 15.2 Å². The molecule has 0 saturated heterocycles. The molecule has 2 rings (SSSR count). The number of carbonyl (C=O) groups is 1. The van der Waals surface area contributed by atoms with Gasteiger partial charge in [-0.05, 0) is 30.3 Å². The molecule has 0 aliphatic heterocycles. The average Bonchev–Trinajstić information content (AvgIpc) is 2.39. The minimum Gasteiger partial charge on any atom is -0.484 e. The van der Waals surface area contributed by atoms with Gasteiger partial charge in [-0.2, -0.15) is 0 Å². The van der Waals surface area contributed by atoms with Crippen molar-refractivity contribution in [2.45, 2.75) is 0 Å². The number of pyridine rings is 1. The molecule has 2 aromatic rings. The lowest BCUT2D eigenvalue weighted by atomic mass is 10.3. The Morgan fingerprint density at radius 2 is 1.83 bits per heavy atom. The van der Waals surface area contributed by atoms with Crippen LogP contribution in [0.4, 0.5) is 0 Å². The molecule has 1 aromatic heterocycles. The Morgan fingerprint density at radius 1 is 1.11 bits per heavy atom. The van der Waals surface area contributed by atoms with Crippen LogP contribution >= 0.6 is 0 Å². The van der Waals surface area contributed by atoms with Gasteiger partial charge in [0.15, 0.2) is 6.61 Å². The topological polar surface area (TPSA) is 74.4 Å². The summed E-state index contributed by atoms with van der Waals surface area (Å²) >= 11 is 0. The first-order valence-electron chi connectivity index (χ1n) is 5.34. The van der Waals surface area contributed by atoms with E-state index in [1.807, 2.05) is 12.1 Å². The minimum atomic E-state index is -0.510. The van der Waals surface area contributed by atoms with Gasteiger partial charge in [-0.3, -0.25) is 4.79 Å².